The quantitative estimate of drug-likeness (QED) is 0.550. The lowest BCUT2D eigenvalue weighted by Crippen LogP contribution is -2.29. The highest BCUT2D eigenvalue weighted by Gasteiger charge is 2.27. The van der Waals surface area contributed by atoms with E-state index in [1.165, 1.54) is 11.8 Å². The summed E-state index contributed by atoms with van der Waals surface area (Å²) < 4.78 is 0. The first kappa shape index (κ1) is 21.6. The summed E-state index contributed by atoms with van der Waals surface area (Å²) >= 11 is 1.18. The Morgan fingerprint density at radius 2 is 2.17 bits per heavy atom. The van der Waals surface area contributed by atoms with Crippen LogP contribution in [-0.4, -0.2) is 37.1 Å². The molecular formula is C22H24N6OS. The first-order valence-corrected chi connectivity index (χ1v) is 10.8. The normalized spacial score (nSPS) is 15.0. The molecule has 1 aliphatic heterocycles. The second kappa shape index (κ2) is 10.1. The SMILES string of the molecule is [C-]#[N+]c1c(N2CCCNCC2)nc(SC(C(N)=O)c2ccccc2)c(C#N)c1CC. The van der Waals surface area contributed by atoms with Crippen molar-refractivity contribution in [2.45, 2.75) is 30.0 Å². The maximum Gasteiger partial charge on any atom is 0.235 e. The van der Waals surface area contributed by atoms with Crippen molar-refractivity contribution in [1.29, 1.82) is 5.26 Å². The average molecular weight is 421 g/mol. The molecule has 1 amide bonds. The second-order valence-corrected chi connectivity index (χ2v) is 8.02. The number of hydrogen-bond donors (Lipinski definition) is 2. The number of carbonyl (C=O) groups excluding carboxylic acids is 1. The van der Waals surface area contributed by atoms with E-state index in [0.717, 1.165) is 38.2 Å². The molecule has 3 rings (SSSR count). The van der Waals surface area contributed by atoms with Crippen LogP contribution in [0.25, 0.3) is 4.85 Å². The number of amides is 1. The topological polar surface area (TPSA) is 99.4 Å². The number of benzene rings is 1. The van der Waals surface area contributed by atoms with Gasteiger partial charge in [0, 0.05) is 19.6 Å². The van der Waals surface area contributed by atoms with Gasteiger partial charge in [0.25, 0.3) is 0 Å². The Morgan fingerprint density at radius 1 is 1.40 bits per heavy atom. The zero-order valence-corrected chi connectivity index (χ0v) is 17.7. The van der Waals surface area contributed by atoms with E-state index in [2.05, 4.69) is 21.1 Å². The van der Waals surface area contributed by atoms with E-state index in [9.17, 15) is 10.1 Å². The van der Waals surface area contributed by atoms with E-state index in [1.807, 2.05) is 37.3 Å². The molecule has 30 heavy (non-hydrogen) atoms. The molecule has 1 unspecified atom stereocenters. The molecule has 1 fully saturated rings. The van der Waals surface area contributed by atoms with Gasteiger partial charge in [-0.05, 0) is 30.5 Å². The van der Waals surface area contributed by atoms with Crippen molar-refractivity contribution in [2.75, 3.05) is 31.1 Å². The number of nitrogens with zero attached hydrogens (tertiary/aromatic N) is 4. The largest absolute Gasteiger partial charge is 0.368 e. The summed E-state index contributed by atoms with van der Waals surface area (Å²) in [6.07, 6.45) is 1.47. The molecule has 0 saturated carbocycles. The lowest BCUT2D eigenvalue weighted by molar-refractivity contribution is -0.117. The van der Waals surface area contributed by atoms with Crippen molar-refractivity contribution in [1.82, 2.24) is 10.3 Å². The number of thioether (sulfide) groups is 1. The Balaban J connectivity index is 2.13. The van der Waals surface area contributed by atoms with Gasteiger partial charge in [-0.2, -0.15) is 5.26 Å². The predicted octanol–water partition coefficient (Wildman–Crippen LogP) is 3.18. The van der Waals surface area contributed by atoms with E-state index < -0.39 is 11.2 Å². The molecule has 154 valence electrons. The molecule has 2 heterocycles. The Hall–Kier alpha value is -3.07. The third-order valence-electron chi connectivity index (χ3n) is 5.03. The van der Waals surface area contributed by atoms with Crippen LogP contribution in [0.3, 0.4) is 0 Å². The Bertz CT molecular complexity index is 987. The summed E-state index contributed by atoms with van der Waals surface area (Å²) in [4.78, 5) is 22.8. The van der Waals surface area contributed by atoms with Crippen molar-refractivity contribution in [2.24, 2.45) is 5.73 Å². The van der Waals surface area contributed by atoms with Gasteiger partial charge >= 0.3 is 0 Å². The summed E-state index contributed by atoms with van der Waals surface area (Å²) in [5.41, 5.74) is 7.91. The fourth-order valence-electron chi connectivity index (χ4n) is 3.56. The maximum atomic E-state index is 12.2. The standard InChI is InChI=1S/C22H24N6OS/c1-3-16-17(14-23)22(30-19(20(24)29)15-8-5-4-6-9-15)27-21(18(16)25-2)28-12-7-10-26-11-13-28/h4-6,8-9,19,26H,3,7,10-13H2,1H3,(H2,24,29). The minimum absolute atomic E-state index is 0.354. The number of nitrogens with two attached hydrogens (primary N) is 1. The molecule has 7 nitrogen and oxygen atoms in total. The number of carbonyl (C=O) groups is 1. The summed E-state index contributed by atoms with van der Waals surface area (Å²) in [6.45, 7) is 12.9. The van der Waals surface area contributed by atoms with Gasteiger partial charge < -0.3 is 16.0 Å². The molecule has 1 saturated heterocycles. The molecule has 2 aromatic rings. The molecule has 8 heteroatoms. The Morgan fingerprint density at radius 3 is 2.80 bits per heavy atom. The number of nitriles is 1. The van der Waals surface area contributed by atoms with Crippen LogP contribution in [0, 0.1) is 17.9 Å². The molecule has 0 bridgehead atoms. The van der Waals surface area contributed by atoms with Crippen molar-refractivity contribution >= 4 is 29.2 Å². The molecule has 1 aliphatic rings. The van der Waals surface area contributed by atoms with Crippen LogP contribution < -0.4 is 16.0 Å². The first-order chi connectivity index (χ1) is 14.6. The summed E-state index contributed by atoms with van der Waals surface area (Å²) in [5, 5.41) is 13.0. The van der Waals surface area contributed by atoms with Crippen LogP contribution in [0.5, 0.6) is 0 Å². The van der Waals surface area contributed by atoms with Gasteiger partial charge in [0.05, 0.1) is 12.1 Å². The molecule has 0 spiro atoms. The monoisotopic (exact) mass is 420 g/mol. The average Bonchev–Trinajstić information content (AvgIpc) is 3.06. The molecule has 1 aromatic carbocycles. The number of pyridine rings is 1. The van der Waals surface area contributed by atoms with Crippen LogP contribution in [0.2, 0.25) is 0 Å². The third-order valence-corrected chi connectivity index (χ3v) is 6.29. The van der Waals surface area contributed by atoms with Crippen LogP contribution in [-0.2, 0) is 11.2 Å². The van der Waals surface area contributed by atoms with Gasteiger partial charge in [0.15, 0.2) is 0 Å². The van der Waals surface area contributed by atoms with Crippen molar-refractivity contribution < 1.29 is 4.79 Å². The van der Waals surface area contributed by atoms with E-state index in [1.54, 1.807) is 0 Å². The molecule has 0 radical (unpaired) electrons. The summed E-state index contributed by atoms with van der Waals surface area (Å²) in [5.74, 6) is 0.0908. The van der Waals surface area contributed by atoms with Crippen molar-refractivity contribution in [3.8, 4) is 6.07 Å². The summed E-state index contributed by atoms with van der Waals surface area (Å²) in [6, 6.07) is 11.5. The van der Waals surface area contributed by atoms with Crippen molar-refractivity contribution in [3.05, 3.63) is 58.4 Å². The Kier molecular flexibility index (Phi) is 7.29. The minimum atomic E-state index is -0.673. The highest BCUT2D eigenvalue weighted by atomic mass is 32.2. The number of rotatable bonds is 6. The van der Waals surface area contributed by atoms with Crippen LogP contribution in [0.1, 0.15) is 35.3 Å². The van der Waals surface area contributed by atoms with E-state index in [0.29, 0.717) is 34.1 Å². The lowest BCUT2D eigenvalue weighted by atomic mass is 10.1. The molecule has 1 aromatic heterocycles. The van der Waals surface area contributed by atoms with E-state index in [4.69, 9.17) is 17.3 Å². The third kappa shape index (κ3) is 4.56. The molecular weight excluding hydrogens is 396 g/mol. The van der Waals surface area contributed by atoms with Crippen LogP contribution in [0.15, 0.2) is 35.4 Å². The van der Waals surface area contributed by atoms with Gasteiger partial charge in [-0.25, -0.2) is 9.83 Å². The van der Waals surface area contributed by atoms with Crippen LogP contribution in [0.4, 0.5) is 11.5 Å². The molecule has 0 aliphatic carbocycles. The van der Waals surface area contributed by atoms with E-state index in [-0.39, 0.29) is 0 Å². The fraction of sp³-hybridized carbons (Fsp3) is 0.364. The van der Waals surface area contributed by atoms with Gasteiger partial charge in [-0.1, -0.05) is 49.0 Å². The number of hydrogen-bond acceptors (Lipinski definition) is 6. The lowest BCUT2D eigenvalue weighted by Gasteiger charge is -2.25. The maximum absolute atomic E-state index is 12.2. The van der Waals surface area contributed by atoms with Gasteiger partial charge in [0.1, 0.15) is 22.2 Å². The number of primary amides is 1. The van der Waals surface area contributed by atoms with Gasteiger partial charge in [-0.3, -0.25) is 4.79 Å². The smallest absolute Gasteiger partial charge is 0.235 e. The van der Waals surface area contributed by atoms with Gasteiger partial charge in [0.2, 0.25) is 11.6 Å². The Labute approximate surface area is 181 Å². The molecule has 3 N–H and O–H groups in total. The number of nitrogens with one attached hydrogen (secondary N) is 1. The fourth-order valence-corrected chi connectivity index (χ4v) is 4.62. The van der Waals surface area contributed by atoms with Crippen molar-refractivity contribution in [3.63, 3.8) is 0 Å². The highest BCUT2D eigenvalue weighted by molar-refractivity contribution is 8.00. The first-order valence-electron chi connectivity index (χ1n) is 9.91. The predicted molar refractivity (Wildman–Crippen MR) is 119 cm³/mol. The summed E-state index contributed by atoms with van der Waals surface area (Å²) in [7, 11) is 0. The molecule has 1 atom stereocenters. The minimum Gasteiger partial charge on any atom is -0.368 e. The number of anilines is 1. The van der Waals surface area contributed by atoms with Gasteiger partial charge in [-0.15, -0.1) is 0 Å². The van der Waals surface area contributed by atoms with Crippen LogP contribution >= 0.6 is 11.8 Å². The number of aromatic nitrogens is 1. The zero-order chi connectivity index (χ0) is 21.5. The second-order valence-electron chi connectivity index (χ2n) is 6.92. The van der Waals surface area contributed by atoms with E-state index >= 15 is 0 Å². The highest BCUT2D eigenvalue weighted by Crippen LogP contribution is 2.42. The zero-order valence-electron chi connectivity index (χ0n) is 16.9.